The first-order valence-electron chi connectivity index (χ1n) is 8.36. The Morgan fingerprint density at radius 3 is 2.92 bits per heavy atom. The van der Waals surface area contributed by atoms with E-state index in [-0.39, 0.29) is 17.9 Å². The highest BCUT2D eigenvalue weighted by Gasteiger charge is 2.28. The molecular formula is C16H27N5O3. The molecule has 0 radical (unpaired) electrons. The number of carbonyl (C=O) groups is 2. The van der Waals surface area contributed by atoms with Crippen molar-refractivity contribution < 1.29 is 14.7 Å². The predicted molar refractivity (Wildman–Crippen MR) is 89.0 cm³/mol. The lowest BCUT2D eigenvalue weighted by Crippen LogP contribution is -2.54. The molecule has 0 aliphatic carbocycles. The number of aromatic nitrogens is 2. The molecule has 2 heterocycles. The summed E-state index contributed by atoms with van der Waals surface area (Å²) in [5, 5.41) is 19.9. The second-order valence-corrected chi connectivity index (χ2v) is 6.37. The molecule has 2 atom stereocenters. The Hall–Kier alpha value is -1.93. The van der Waals surface area contributed by atoms with E-state index in [1.54, 1.807) is 4.68 Å². The van der Waals surface area contributed by atoms with Gasteiger partial charge in [0.05, 0.1) is 18.3 Å². The molecule has 0 saturated carbocycles. The molecule has 0 spiro atoms. The summed E-state index contributed by atoms with van der Waals surface area (Å²) >= 11 is 0. The monoisotopic (exact) mass is 337 g/mol. The van der Waals surface area contributed by atoms with E-state index in [4.69, 9.17) is 0 Å². The molecule has 1 saturated heterocycles. The Balaban J connectivity index is 1.76. The molecule has 0 bridgehead atoms. The summed E-state index contributed by atoms with van der Waals surface area (Å²) in [4.78, 5) is 25.0. The minimum atomic E-state index is -0.519. The van der Waals surface area contributed by atoms with Crippen molar-refractivity contribution in [3.05, 3.63) is 18.0 Å². The van der Waals surface area contributed by atoms with Gasteiger partial charge >= 0.3 is 0 Å². The highest BCUT2D eigenvalue weighted by Crippen LogP contribution is 2.14. The van der Waals surface area contributed by atoms with E-state index < -0.39 is 6.10 Å². The van der Waals surface area contributed by atoms with E-state index in [1.807, 2.05) is 19.4 Å². The first-order valence-corrected chi connectivity index (χ1v) is 8.36. The smallest absolute Gasteiger partial charge is 0.220 e. The van der Waals surface area contributed by atoms with Gasteiger partial charge in [-0.15, -0.1) is 0 Å². The Labute approximate surface area is 142 Å². The fourth-order valence-corrected chi connectivity index (χ4v) is 2.90. The van der Waals surface area contributed by atoms with E-state index in [2.05, 4.69) is 20.6 Å². The lowest BCUT2D eigenvalue weighted by atomic mass is 10.0. The van der Waals surface area contributed by atoms with Crippen molar-refractivity contribution in [1.82, 2.24) is 25.3 Å². The number of amides is 2. The van der Waals surface area contributed by atoms with Crippen LogP contribution in [0.2, 0.25) is 0 Å². The molecule has 0 aromatic carbocycles. The number of hydrogen-bond acceptors (Lipinski definition) is 5. The minimum Gasteiger partial charge on any atom is -0.391 e. The largest absolute Gasteiger partial charge is 0.391 e. The van der Waals surface area contributed by atoms with Gasteiger partial charge in [0.15, 0.2) is 0 Å². The lowest BCUT2D eigenvalue weighted by Gasteiger charge is -2.36. The average molecular weight is 337 g/mol. The third-order valence-corrected chi connectivity index (χ3v) is 4.13. The maximum atomic E-state index is 12.0. The number of likely N-dealkylation sites (tertiary alicyclic amines) is 1. The molecule has 8 nitrogen and oxygen atoms in total. The standard InChI is InChI=1S/C16H27N5O3/c1-12(22)17-6-3-4-16(24)19-14-11-21(7-5-15(14)23)10-13-8-18-20(2)9-13/h8-9,14-15,23H,3-7,10-11H2,1-2H3,(H,17,22)(H,19,24)/t14-,15+/m1/s1. The van der Waals surface area contributed by atoms with Gasteiger partial charge in [0.1, 0.15) is 0 Å². The number of nitrogens with one attached hydrogen (secondary N) is 2. The van der Waals surface area contributed by atoms with Crippen molar-refractivity contribution in [2.24, 2.45) is 7.05 Å². The van der Waals surface area contributed by atoms with Crippen LogP contribution in [0.15, 0.2) is 12.4 Å². The van der Waals surface area contributed by atoms with Crippen LogP contribution < -0.4 is 10.6 Å². The van der Waals surface area contributed by atoms with Gasteiger partial charge in [0, 0.05) is 58.3 Å². The predicted octanol–water partition coefficient (Wildman–Crippen LogP) is -0.612. The van der Waals surface area contributed by atoms with Crippen LogP contribution in [0.5, 0.6) is 0 Å². The average Bonchev–Trinajstić information content (AvgIpc) is 2.92. The molecule has 24 heavy (non-hydrogen) atoms. The zero-order valence-corrected chi connectivity index (χ0v) is 14.4. The highest BCUT2D eigenvalue weighted by atomic mass is 16.3. The SMILES string of the molecule is CC(=O)NCCCC(=O)N[C@@H]1CN(Cc2cnn(C)c2)CC[C@@H]1O. The number of hydrogen-bond donors (Lipinski definition) is 3. The number of aliphatic hydroxyl groups excluding tert-OH is 1. The van der Waals surface area contributed by atoms with E-state index in [0.717, 1.165) is 18.7 Å². The molecule has 1 aliphatic rings. The van der Waals surface area contributed by atoms with Gasteiger partial charge in [0.25, 0.3) is 0 Å². The van der Waals surface area contributed by atoms with Gasteiger partial charge in [-0.25, -0.2) is 0 Å². The summed E-state index contributed by atoms with van der Waals surface area (Å²) in [6, 6.07) is -0.260. The second kappa shape index (κ2) is 8.79. The normalized spacial score (nSPS) is 21.5. The van der Waals surface area contributed by atoms with Crippen LogP contribution in [-0.2, 0) is 23.2 Å². The fourth-order valence-electron chi connectivity index (χ4n) is 2.90. The van der Waals surface area contributed by atoms with Crippen LogP contribution in [0.25, 0.3) is 0 Å². The summed E-state index contributed by atoms with van der Waals surface area (Å²) in [6.07, 6.45) is 4.85. The molecule has 0 unspecified atom stereocenters. The lowest BCUT2D eigenvalue weighted by molar-refractivity contribution is -0.124. The molecule has 1 aromatic rings. The maximum absolute atomic E-state index is 12.0. The van der Waals surface area contributed by atoms with Gasteiger partial charge in [-0.05, 0) is 12.8 Å². The van der Waals surface area contributed by atoms with Crippen molar-refractivity contribution in [3.63, 3.8) is 0 Å². The molecule has 1 aromatic heterocycles. The molecule has 1 aliphatic heterocycles. The summed E-state index contributed by atoms with van der Waals surface area (Å²) < 4.78 is 1.77. The van der Waals surface area contributed by atoms with Gasteiger partial charge in [0.2, 0.25) is 11.8 Å². The second-order valence-electron chi connectivity index (χ2n) is 6.37. The van der Waals surface area contributed by atoms with Crippen LogP contribution in [0.3, 0.4) is 0 Å². The van der Waals surface area contributed by atoms with E-state index in [1.165, 1.54) is 6.92 Å². The summed E-state index contributed by atoms with van der Waals surface area (Å²) in [7, 11) is 1.88. The van der Waals surface area contributed by atoms with Crippen LogP contribution in [0.1, 0.15) is 31.7 Å². The van der Waals surface area contributed by atoms with Gasteiger partial charge in [-0.3, -0.25) is 19.2 Å². The molecule has 3 N–H and O–H groups in total. The first kappa shape index (κ1) is 18.4. The van der Waals surface area contributed by atoms with E-state index in [9.17, 15) is 14.7 Å². The third-order valence-electron chi connectivity index (χ3n) is 4.13. The van der Waals surface area contributed by atoms with Crippen molar-refractivity contribution in [3.8, 4) is 0 Å². The summed E-state index contributed by atoms with van der Waals surface area (Å²) in [5.74, 6) is -0.184. The number of carbonyl (C=O) groups excluding carboxylic acids is 2. The van der Waals surface area contributed by atoms with Gasteiger partial charge < -0.3 is 15.7 Å². The molecule has 2 amide bonds. The third kappa shape index (κ3) is 5.93. The van der Waals surface area contributed by atoms with Crippen molar-refractivity contribution in [1.29, 1.82) is 0 Å². The zero-order valence-electron chi connectivity index (χ0n) is 14.4. The number of piperidine rings is 1. The highest BCUT2D eigenvalue weighted by molar-refractivity contribution is 5.76. The maximum Gasteiger partial charge on any atom is 0.220 e. The number of nitrogens with zero attached hydrogens (tertiary/aromatic N) is 3. The first-order chi connectivity index (χ1) is 11.4. The molecule has 2 rings (SSSR count). The minimum absolute atomic E-state index is 0.0902. The Morgan fingerprint density at radius 1 is 1.46 bits per heavy atom. The summed E-state index contributed by atoms with van der Waals surface area (Å²) in [6.45, 7) is 4.12. The number of rotatable bonds is 7. The topological polar surface area (TPSA) is 99.5 Å². The molecule has 134 valence electrons. The number of aliphatic hydroxyl groups is 1. The Bertz CT molecular complexity index is 560. The van der Waals surface area contributed by atoms with Crippen molar-refractivity contribution in [2.75, 3.05) is 19.6 Å². The van der Waals surface area contributed by atoms with Crippen LogP contribution in [0.4, 0.5) is 0 Å². The van der Waals surface area contributed by atoms with Crippen LogP contribution >= 0.6 is 0 Å². The van der Waals surface area contributed by atoms with Crippen molar-refractivity contribution in [2.45, 2.75) is 44.9 Å². The van der Waals surface area contributed by atoms with Gasteiger partial charge in [-0.2, -0.15) is 5.10 Å². The quantitative estimate of drug-likeness (QED) is 0.576. The fraction of sp³-hybridized carbons (Fsp3) is 0.688. The Morgan fingerprint density at radius 2 is 2.25 bits per heavy atom. The summed E-state index contributed by atoms with van der Waals surface area (Å²) in [5.41, 5.74) is 1.12. The van der Waals surface area contributed by atoms with E-state index in [0.29, 0.717) is 32.4 Å². The van der Waals surface area contributed by atoms with Gasteiger partial charge in [-0.1, -0.05) is 0 Å². The molecule has 1 fully saturated rings. The van der Waals surface area contributed by atoms with E-state index >= 15 is 0 Å². The zero-order chi connectivity index (χ0) is 17.5. The number of aryl methyl sites for hydroxylation is 1. The molecule has 8 heteroatoms. The Kier molecular flexibility index (Phi) is 6.74. The van der Waals surface area contributed by atoms with Crippen molar-refractivity contribution >= 4 is 11.8 Å². The van der Waals surface area contributed by atoms with Crippen LogP contribution in [-0.4, -0.2) is 63.4 Å². The molecular weight excluding hydrogens is 310 g/mol. The van der Waals surface area contributed by atoms with Crippen LogP contribution in [0, 0.1) is 0 Å².